The number of nitrogen functional groups attached to an aromatic ring is 1. The van der Waals surface area contributed by atoms with Crippen LogP contribution in [0.5, 0.6) is 5.75 Å². The van der Waals surface area contributed by atoms with Crippen LogP contribution in [0.15, 0.2) is 18.2 Å². The lowest BCUT2D eigenvalue weighted by atomic mass is 10.1. The number of anilines is 1. The molecule has 0 aliphatic rings. The van der Waals surface area contributed by atoms with Crippen molar-refractivity contribution in [3.05, 3.63) is 23.8 Å². The van der Waals surface area contributed by atoms with Crippen LogP contribution in [0.25, 0.3) is 0 Å². The smallest absolute Gasteiger partial charge is 0.306 e. The Hall–Kier alpha value is -2.24. The van der Waals surface area contributed by atoms with E-state index in [1.807, 2.05) is 0 Å². The van der Waals surface area contributed by atoms with Crippen LogP contribution >= 0.6 is 0 Å². The maximum absolute atomic E-state index is 12.0. The van der Waals surface area contributed by atoms with Gasteiger partial charge < -0.3 is 20.9 Å². The number of ether oxygens (including phenoxy) is 1. The fraction of sp³-hybridized carbons (Fsp3) is 0.429. The number of benzene rings is 1. The van der Waals surface area contributed by atoms with Crippen molar-refractivity contribution in [1.29, 1.82) is 0 Å². The number of carbonyl (C=O) groups excluding carboxylic acids is 1. The largest absolute Gasteiger partial charge is 0.496 e. The first-order chi connectivity index (χ1) is 9.45. The van der Waals surface area contributed by atoms with Crippen molar-refractivity contribution in [2.75, 3.05) is 19.4 Å². The second-order valence-corrected chi connectivity index (χ2v) is 4.60. The predicted molar refractivity (Wildman–Crippen MR) is 75.8 cm³/mol. The molecule has 20 heavy (non-hydrogen) atoms. The van der Waals surface area contributed by atoms with E-state index >= 15 is 0 Å². The summed E-state index contributed by atoms with van der Waals surface area (Å²) in [4.78, 5) is 22.6. The number of carbonyl (C=O) groups is 2. The maximum atomic E-state index is 12.0. The highest BCUT2D eigenvalue weighted by Gasteiger charge is 2.13. The van der Waals surface area contributed by atoms with Crippen LogP contribution in [0.3, 0.4) is 0 Å². The Bertz CT molecular complexity index is 488. The summed E-state index contributed by atoms with van der Waals surface area (Å²) in [5, 5.41) is 11.5. The van der Waals surface area contributed by atoms with Gasteiger partial charge >= 0.3 is 5.97 Å². The molecule has 1 rings (SSSR count). The first kappa shape index (κ1) is 15.8. The lowest BCUT2D eigenvalue weighted by molar-refractivity contribution is -0.141. The molecule has 0 aromatic heterocycles. The normalized spacial score (nSPS) is 11.7. The highest BCUT2D eigenvalue weighted by Crippen LogP contribution is 2.21. The predicted octanol–water partition coefficient (Wildman–Crippen LogP) is 1.51. The zero-order valence-electron chi connectivity index (χ0n) is 11.7. The van der Waals surface area contributed by atoms with Crippen molar-refractivity contribution in [1.82, 2.24) is 5.32 Å². The molecular formula is C14H20N2O4. The first-order valence-corrected chi connectivity index (χ1v) is 6.40. The van der Waals surface area contributed by atoms with E-state index in [2.05, 4.69) is 5.32 Å². The molecule has 0 aliphatic heterocycles. The number of methoxy groups -OCH3 is 1. The first-order valence-electron chi connectivity index (χ1n) is 6.40. The summed E-state index contributed by atoms with van der Waals surface area (Å²) in [5.41, 5.74) is 6.55. The van der Waals surface area contributed by atoms with Gasteiger partial charge in [-0.2, -0.15) is 0 Å². The van der Waals surface area contributed by atoms with E-state index in [4.69, 9.17) is 15.6 Å². The van der Waals surface area contributed by atoms with E-state index in [-0.39, 0.29) is 5.91 Å². The summed E-state index contributed by atoms with van der Waals surface area (Å²) in [6, 6.07) is 4.81. The van der Waals surface area contributed by atoms with Crippen molar-refractivity contribution in [3.63, 3.8) is 0 Å². The average molecular weight is 280 g/mol. The Kier molecular flexibility index (Phi) is 5.83. The van der Waals surface area contributed by atoms with Crippen LogP contribution in [0.4, 0.5) is 5.69 Å². The lowest BCUT2D eigenvalue weighted by Crippen LogP contribution is -2.25. The summed E-state index contributed by atoms with van der Waals surface area (Å²) < 4.78 is 5.10. The van der Waals surface area contributed by atoms with E-state index in [0.717, 1.165) is 0 Å². The molecule has 0 bridgehead atoms. The summed E-state index contributed by atoms with van der Waals surface area (Å²) in [5.74, 6) is -1.07. The molecule has 1 unspecified atom stereocenters. The molecule has 110 valence electrons. The molecule has 1 aromatic rings. The molecule has 0 saturated heterocycles. The van der Waals surface area contributed by atoms with Gasteiger partial charge in [-0.25, -0.2) is 0 Å². The summed E-state index contributed by atoms with van der Waals surface area (Å²) in [6.07, 6.45) is 1.13. The Labute approximate surface area is 117 Å². The Morgan fingerprint density at radius 1 is 1.45 bits per heavy atom. The van der Waals surface area contributed by atoms with Crippen molar-refractivity contribution < 1.29 is 19.4 Å². The quantitative estimate of drug-likeness (QED) is 0.519. The Balaban J connectivity index is 2.49. The summed E-state index contributed by atoms with van der Waals surface area (Å²) in [7, 11) is 1.47. The second-order valence-electron chi connectivity index (χ2n) is 4.60. The second kappa shape index (κ2) is 7.37. The molecule has 0 saturated carbocycles. The van der Waals surface area contributed by atoms with Crippen molar-refractivity contribution >= 4 is 17.6 Å². The Morgan fingerprint density at radius 2 is 2.15 bits per heavy atom. The summed E-state index contributed by atoms with van der Waals surface area (Å²) >= 11 is 0. The SMILES string of the molecule is COc1cc(N)ccc1C(=O)NCCCC(C)C(=O)O. The molecular weight excluding hydrogens is 260 g/mol. The van der Waals surface area contributed by atoms with Gasteiger partial charge in [0.15, 0.2) is 0 Å². The maximum Gasteiger partial charge on any atom is 0.306 e. The molecule has 6 heteroatoms. The molecule has 6 nitrogen and oxygen atoms in total. The highest BCUT2D eigenvalue weighted by atomic mass is 16.5. The Morgan fingerprint density at radius 3 is 2.75 bits per heavy atom. The molecule has 4 N–H and O–H groups in total. The van der Waals surface area contributed by atoms with Crippen LogP contribution in [-0.4, -0.2) is 30.6 Å². The van der Waals surface area contributed by atoms with E-state index in [0.29, 0.717) is 36.4 Å². The van der Waals surface area contributed by atoms with Crippen molar-refractivity contribution in [2.24, 2.45) is 5.92 Å². The van der Waals surface area contributed by atoms with Crippen LogP contribution in [0.1, 0.15) is 30.1 Å². The van der Waals surface area contributed by atoms with Gasteiger partial charge in [-0.15, -0.1) is 0 Å². The molecule has 0 heterocycles. The highest BCUT2D eigenvalue weighted by molar-refractivity contribution is 5.97. The number of aliphatic carboxylic acids is 1. The number of carboxylic acid groups (broad SMARTS) is 1. The molecule has 1 aromatic carbocycles. The van der Waals surface area contributed by atoms with Gasteiger partial charge in [0.25, 0.3) is 5.91 Å². The average Bonchev–Trinajstić information content (AvgIpc) is 2.42. The van der Waals surface area contributed by atoms with Gasteiger partial charge in [-0.3, -0.25) is 9.59 Å². The fourth-order valence-corrected chi connectivity index (χ4v) is 1.72. The minimum absolute atomic E-state index is 0.259. The van der Waals surface area contributed by atoms with E-state index in [1.54, 1.807) is 25.1 Å². The number of hydrogen-bond donors (Lipinski definition) is 3. The number of rotatable bonds is 7. The third-order valence-electron chi connectivity index (χ3n) is 2.99. The third kappa shape index (κ3) is 4.46. The van der Waals surface area contributed by atoms with Crippen LogP contribution in [-0.2, 0) is 4.79 Å². The van der Waals surface area contributed by atoms with Crippen LogP contribution < -0.4 is 15.8 Å². The minimum Gasteiger partial charge on any atom is -0.496 e. The fourth-order valence-electron chi connectivity index (χ4n) is 1.72. The van der Waals surface area contributed by atoms with Gasteiger partial charge in [0.05, 0.1) is 18.6 Å². The van der Waals surface area contributed by atoms with Crippen LogP contribution in [0, 0.1) is 5.92 Å². The number of nitrogens with one attached hydrogen (secondary N) is 1. The monoisotopic (exact) mass is 280 g/mol. The number of nitrogens with two attached hydrogens (primary N) is 1. The lowest BCUT2D eigenvalue weighted by Gasteiger charge is -2.10. The molecule has 0 radical (unpaired) electrons. The van der Waals surface area contributed by atoms with E-state index in [9.17, 15) is 9.59 Å². The van der Waals surface area contributed by atoms with Gasteiger partial charge in [-0.05, 0) is 25.0 Å². The van der Waals surface area contributed by atoms with E-state index < -0.39 is 11.9 Å². The molecule has 0 fully saturated rings. The number of carboxylic acids is 1. The molecule has 1 amide bonds. The topological polar surface area (TPSA) is 102 Å². The molecule has 0 spiro atoms. The van der Waals surface area contributed by atoms with Crippen molar-refractivity contribution in [3.8, 4) is 5.75 Å². The zero-order valence-corrected chi connectivity index (χ0v) is 11.7. The molecule has 0 aliphatic carbocycles. The zero-order chi connectivity index (χ0) is 15.1. The van der Waals surface area contributed by atoms with Gasteiger partial charge in [0, 0.05) is 18.3 Å². The summed E-state index contributed by atoms with van der Waals surface area (Å²) in [6.45, 7) is 2.07. The van der Waals surface area contributed by atoms with E-state index in [1.165, 1.54) is 7.11 Å². The van der Waals surface area contributed by atoms with Gasteiger partial charge in [0.2, 0.25) is 0 Å². The number of hydrogen-bond acceptors (Lipinski definition) is 4. The third-order valence-corrected chi connectivity index (χ3v) is 2.99. The van der Waals surface area contributed by atoms with Crippen LogP contribution in [0.2, 0.25) is 0 Å². The van der Waals surface area contributed by atoms with Gasteiger partial charge in [0.1, 0.15) is 5.75 Å². The standard InChI is InChI=1S/C14H20N2O4/c1-9(14(18)19)4-3-7-16-13(17)11-6-5-10(15)8-12(11)20-2/h5-6,8-9H,3-4,7,15H2,1-2H3,(H,16,17)(H,18,19). The minimum atomic E-state index is -0.823. The number of amides is 1. The van der Waals surface area contributed by atoms with Crippen molar-refractivity contribution in [2.45, 2.75) is 19.8 Å². The molecule has 1 atom stereocenters. The van der Waals surface area contributed by atoms with Gasteiger partial charge in [-0.1, -0.05) is 6.92 Å².